The van der Waals surface area contributed by atoms with Crippen molar-refractivity contribution in [2.75, 3.05) is 4.90 Å². The summed E-state index contributed by atoms with van der Waals surface area (Å²) in [6.07, 6.45) is 0.616. The van der Waals surface area contributed by atoms with Crippen LogP contribution in [0.2, 0.25) is 0 Å². The Morgan fingerprint density at radius 3 is 2.34 bits per heavy atom. The van der Waals surface area contributed by atoms with E-state index in [9.17, 15) is 9.90 Å². The van der Waals surface area contributed by atoms with Gasteiger partial charge < -0.3 is 5.11 Å². The van der Waals surface area contributed by atoms with Gasteiger partial charge in [-0.25, -0.2) is 4.99 Å². The van der Waals surface area contributed by atoms with E-state index >= 15 is 0 Å². The van der Waals surface area contributed by atoms with Crippen molar-refractivity contribution in [2.24, 2.45) is 4.99 Å². The lowest BCUT2D eigenvalue weighted by Crippen LogP contribution is -2.42. The van der Waals surface area contributed by atoms with Crippen LogP contribution >= 0.6 is 11.8 Å². The van der Waals surface area contributed by atoms with Crippen LogP contribution in [0.15, 0.2) is 102 Å². The molecule has 0 bridgehead atoms. The molecule has 158 valence electrons. The van der Waals surface area contributed by atoms with Crippen LogP contribution in [-0.2, 0) is 4.79 Å². The second kappa shape index (κ2) is 8.22. The number of hydrogen-bond donors (Lipinski definition) is 1. The molecule has 2 unspecified atom stereocenters. The predicted molar refractivity (Wildman–Crippen MR) is 130 cm³/mol. The maximum absolute atomic E-state index is 13.8. The summed E-state index contributed by atoms with van der Waals surface area (Å²) in [6.45, 7) is 1.78. The summed E-state index contributed by atoms with van der Waals surface area (Å²) in [6, 6.07) is 28.4. The number of carbonyl (C=O) groups excluding carboxylic acids is 1. The van der Waals surface area contributed by atoms with Crippen molar-refractivity contribution in [3.05, 3.63) is 103 Å². The second-order valence-corrected chi connectivity index (χ2v) is 9.15. The van der Waals surface area contributed by atoms with Crippen molar-refractivity contribution >= 4 is 45.1 Å². The quantitative estimate of drug-likeness (QED) is 0.456. The third kappa shape index (κ3) is 3.47. The molecule has 1 aromatic heterocycles. The zero-order chi connectivity index (χ0) is 22.1. The number of amidine groups is 1. The van der Waals surface area contributed by atoms with E-state index in [-0.39, 0.29) is 5.91 Å². The minimum Gasteiger partial charge on any atom is -0.386 e. The highest BCUT2D eigenvalue weighted by molar-refractivity contribution is 8.16. The van der Waals surface area contributed by atoms with Gasteiger partial charge in [0.05, 0.1) is 16.9 Å². The summed E-state index contributed by atoms with van der Waals surface area (Å²) >= 11 is 1.29. The molecule has 5 nitrogen and oxygen atoms in total. The van der Waals surface area contributed by atoms with Gasteiger partial charge in [0.15, 0.2) is 5.17 Å². The van der Waals surface area contributed by atoms with Crippen LogP contribution in [0.1, 0.15) is 18.6 Å². The minimum atomic E-state index is -1.16. The van der Waals surface area contributed by atoms with Crippen LogP contribution in [0.25, 0.3) is 10.9 Å². The molecule has 1 aliphatic heterocycles. The number of amides is 1. The molecule has 2 heterocycles. The van der Waals surface area contributed by atoms with Crippen LogP contribution in [0.3, 0.4) is 0 Å². The molecule has 2 atom stereocenters. The Labute approximate surface area is 190 Å². The number of benzene rings is 3. The third-order valence-corrected chi connectivity index (χ3v) is 6.90. The van der Waals surface area contributed by atoms with E-state index in [1.807, 2.05) is 84.9 Å². The summed E-state index contributed by atoms with van der Waals surface area (Å²) < 4.78 is -1.16. The fraction of sp³-hybridized carbons (Fsp3) is 0.115. The van der Waals surface area contributed by atoms with Crippen molar-refractivity contribution in [3.63, 3.8) is 0 Å². The van der Waals surface area contributed by atoms with E-state index in [2.05, 4.69) is 4.98 Å². The molecule has 6 heteroatoms. The molecule has 1 fully saturated rings. The third-order valence-electron chi connectivity index (χ3n) is 5.62. The topological polar surface area (TPSA) is 65.8 Å². The number of nitrogens with zero attached hydrogens (tertiary/aromatic N) is 3. The highest BCUT2D eigenvalue weighted by Gasteiger charge is 2.54. The Morgan fingerprint density at radius 2 is 1.59 bits per heavy atom. The van der Waals surface area contributed by atoms with Crippen LogP contribution in [0, 0.1) is 0 Å². The Balaban J connectivity index is 1.62. The Kier molecular flexibility index (Phi) is 5.25. The van der Waals surface area contributed by atoms with E-state index in [0.717, 1.165) is 22.3 Å². The van der Waals surface area contributed by atoms with Gasteiger partial charge in [0, 0.05) is 11.6 Å². The predicted octanol–water partition coefficient (Wildman–Crippen LogP) is 5.49. The van der Waals surface area contributed by atoms with Gasteiger partial charge in [-0.3, -0.25) is 14.7 Å². The molecular weight excluding hydrogens is 418 g/mol. The number of pyridine rings is 1. The van der Waals surface area contributed by atoms with Crippen molar-refractivity contribution < 1.29 is 9.90 Å². The molecule has 1 aliphatic rings. The van der Waals surface area contributed by atoms with Gasteiger partial charge in [-0.05, 0) is 48.9 Å². The van der Waals surface area contributed by atoms with Gasteiger partial charge in [-0.1, -0.05) is 66.4 Å². The van der Waals surface area contributed by atoms with Crippen molar-refractivity contribution in [1.82, 2.24) is 4.98 Å². The summed E-state index contributed by atoms with van der Waals surface area (Å²) in [4.78, 5) is 24.6. The van der Waals surface area contributed by atoms with Crippen molar-refractivity contribution in [1.29, 1.82) is 0 Å². The fourth-order valence-electron chi connectivity index (χ4n) is 3.90. The second-order valence-electron chi connectivity index (χ2n) is 7.74. The number of thioether (sulfide) groups is 1. The summed E-state index contributed by atoms with van der Waals surface area (Å²) in [5.74, 6) is -0.211. The average molecular weight is 440 g/mol. The lowest BCUT2D eigenvalue weighted by Gasteiger charge is -2.28. The van der Waals surface area contributed by atoms with E-state index in [1.165, 1.54) is 11.8 Å². The Morgan fingerprint density at radius 1 is 0.938 bits per heavy atom. The van der Waals surface area contributed by atoms with Crippen LogP contribution in [0.4, 0.5) is 11.4 Å². The molecule has 3 aromatic carbocycles. The number of anilines is 1. The number of aliphatic hydroxyl groups is 1. The van der Waals surface area contributed by atoms with Gasteiger partial charge in [-0.15, -0.1) is 0 Å². The lowest BCUT2D eigenvalue weighted by atomic mass is 9.93. The number of carbonyl (C=O) groups is 1. The number of aliphatic hydroxyl groups excluding tert-OH is 1. The molecule has 1 N–H and O–H groups in total. The number of fused-ring (bicyclic) bond motifs is 1. The van der Waals surface area contributed by atoms with Gasteiger partial charge in [-0.2, -0.15) is 0 Å². The molecule has 0 saturated carbocycles. The highest BCUT2D eigenvalue weighted by Crippen LogP contribution is 2.48. The van der Waals surface area contributed by atoms with Crippen LogP contribution < -0.4 is 4.90 Å². The first-order valence-electron chi connectivity index (χ1n) is 10.3. The molecule has 0 aliphatic carbocycles. The van der Waals surface area contributed by atoms with Crippen molar-refractivity contribution in [2.45, 2.75) is 17.8 Å². The molecule has 4 aromatic rings. The lowest BCUT2D eigenvalue weighted by molar-refractivity contribution is -0.121. The zero-order valence-corrected chi connectivity index (χ0v) is 18.2. The normalized spacial score (nSPS) is 20.8. The molecule has 5 rings (SSSR count). The van der Waals surface area contributed by atoms with Gasteiger partial charge in [0.1, 0.15) is 10.9 Å². The van der Waals surface area contributed by atoms with Gasteiger partial charge in [0.25, 0.3) is 5.91 Å². The van der Waals surface area contributed by atoms with Crippen LogP contribution in [0.5, 0.6) is 0 Å². The van der Waals surface area contributed by atoms with Crippen LogP contribution in [-0.4, -0.2) is 25.9 Å². The maximum Gasteiger partial charge on any atom is 0.252 e. The molecule has 1 amide bonds. The van der Waals surface area contributed by atoms with E-state index < -0.39 is 10.9 Å². The number of aromatic nitrogens is 1. The first kappa shape index (κ1) is 20.4. The Bertz CT molecular complexity index is 1310. The van der Waals surface area contributed by atoms with E-state index in [4.69, 9.17) is 4.99 Å². The molecule has 32 heavy (non-hydrogen) atoms. The van der Waals surface area contributed by atoms with E-state index in [1.54, 1.807) is 24.1 Å². The molecule has 0 spiro atoms. The fourth-order valence-corrected chi connectivity index (χ4v) is 5.13. The zero-order valence-electron chi connectivity index (χ0n) is 17.4. The smallest absolute Gasteiger partial charge is 0.252 e. The van der Waals surface area contributed by atoms with E-state index in [0.29, 0.717) is 10.7 Å². The van der Waals surface area contributed by atoms with Crippen molar-refractivity contribution in [3.8, 4) is 0 Å². The summed E-state index contributed by atoms with van der Waals surface area (Å²) in [5, 5.41) is 12.9. The van der Waals surface area contributed by atoms with Gasteiger partial charge in [0.2, 0.25) is 0 Å². The number of para-hydroxylation sites is 3. The number of aliphatic imine (C=N–C) groups is 1. The number of rotatable bonds is 4. The molecular formula is C26H21N3O2S. The standard InChI is InChI=1S/C26H21N3O2S/c1-26(23(30)21-16-17-27-22-15-9-8-14-20(21)22)24(31)29(19-12-6-3-7-13-19)25(32-26)28-18-10-4-2-5-11-18/h2-17,23,30H,1H3. The summed E-state index contributed by atoms with van der Waals surface area (Å²) in [5.41, 5.74) is 2.92. The maximum atomic E-state index is 13.8. The average Bonchev–Trinajstić information content (AvgIpc) is 3.09. The summed E-state index contributed by atoms with van der Waals surface area (Å²) in [7, 11) is 0. The molecule has 1 saturated heterocycles. The highest BCUT2D eigenvalue weighted by atomic mass is 32.2. The van der Waals surface area contributed by atoms with Gasteiger partial charge >= 0.3 is 0 Å². The number of hydrogen-bond acceptors (Lipinski definition) is 5. The first-order chi connectivity index (χ1) is 15.6. The SMILES string of the molecule is CC1(C(O)c2ccnc3ccccc23)SC(=Nc2ccccc2)N(c2ccccc2)C1=O. The minimum absolute atomic E-state index is 0.211. The largest absolute Gasteiger partial charge is 0.386 e. The molecule has 0 radical (unpaired) electrons. The Hall–Kier alpha value is -3.48. The monoisotopic (exact) mass is 439 g/mol. The first-order valence-corrected chi connectivity index (χ1v) is 11.1.